The number of rotatable bonds is 5. The Morgan fingerprint density at radius 3 is 2.50 bits per heavy atom. The smallest absolute Gasteiger partial charge is 0.0223 e. The monoisotopic (exact) mass is 252 g/mol. The van der Waals surface area contributed by atoms with Crippen molar-refractivity contribution in [2.24, 2.45) is 5.92 Å². The van der Waals surface area contributed by atoms with Gasteiger partial charge in [0.25, 0.3) is 0 Å². The number of hydrogen-bond acceptors (Lipinski definition) is 2. The Labute approximate surface area is 114 Å². The van der Waals surface area contributed by atoms with E-state index < -0.39 is 0 Å². The Hall–Kier alpha value is -0.0800. The van der Waals surface area contributed by atoms with E-state index in [4.69, 9.17) is 0 Å². The van der Waals surface area contributed by atoms with Crippen molar-refractivity contribution >= 4 is 0 Å². The highest BCUT2D eigenvalue weighted by atomic mass is 15.2. The van der Waals surface area contributed by atoms with Crippen molar-refractivity contribution in [1.82, 2.24) is 10.2 Å². The Morgan fingerprint density at radius 1 is 1.06 bits per heavy atom. The Balaban J connectivity index is 1.89. The van der Waals surface area contributed by atoms with E-state index >= 15 is 0 Å². The fourth-order valence-corrected chi connectivity index (χ4v) is 3.86. The molecule has 2 atom stereocenters. The van der Waals surface area contributed by atoms with Gasteiger partial charge in [0.2, 0.25) is 0 Å². The Morgan fingerprint density at radius 2 is 1.78 bits per heavy atom. The molecule has 0 aromatic carbocycles. The van der Waals surface area contributed by atoms with Gasteiger partial charge in [0.1, 0.15) is 0 Å². The molecule has 18 heavy (non-hydrogen) atoms. The number of nitrogens with zero attached hydrogens (tertiary/aromatic N) is 1. The molecule has 2 heteroatoms. The number of likely N-dealkylation sites (tertiary alicyclic amines) is 1. The van der Waals surface area contributed by atoms with Crippen LogP contribution in [0.1, 0.15) is 65.2 Å². The fraction of sp³-hybridized carbons (Fsp3) is 1.00. The summed E-state index contributed by atoms with van der Waals surface area (Å²) in [5.74, 6) is 0.945. The number of nitrogens with one attached hydrogen (secondary N) is 1. The molecule has 2 unspecified atom stereocenters. The zero-order chi connectivity index (χ0) is 12.8. The van der Waals surface area contributed by atoms with Crippen LogP contribution in [-0.4, -0.2) is 36.6 Å². The van der Waals surface area contributed by atoms with Gasteiger partial charge in [0.05, 0.1) is 0 Å². The average Bonchev–Trinajstić information content (AvgIpc) is 2.82. The molecule has 0 spiro atoms. The molecular formula is C16H32N2. The van der Waals surface area contributed by atoms with Crippen LogP contribution in [-0.2, 0) is 0 Å². The summed E-state index contributed by atoms with van der Waals surface area (Å²) in [4.78, 5) is 2.76. The van der Waals surface area contributed by atoms with E-state index in [9.17, 15) is 0 Å². The molecule has 2 nitrogen and oxygen atoms in total. The molecule has 2 aliphatic rings. The third-order valence-corrected chi connectivity index (χ3v) is 5.06. The fourth-order valence-electron chi connectivity index (χ4n) is 3.86. The third kappa shape index (κ3) is 3.96. The van der Waals surface area contributed by atoms with Crippen LogP contribution < -0.4 is 5.32 Å². The molecule has 1 N–H and O–H groups in total. The third-order valence-electron chi connectivity index (χ3n) is 5.06. The first-order chi connectivity index (χ1) is 8.81. The lowest BCUT2D eigenvalue weighted by Gasteiger charge is -2.34. The zero-order valence-corrected chi connectivity index (χ0v) is 12.5. The van der Waals surface area contributed by atoms with E-state index in [2.05, 4.69) is 24.1 Å². The highest BCUT2D eigenvalue weighted by Gasteiger charge is 2.27. The average molecular weight is 252 g/mol. The minimum Gasteiger partial charge on any atom is -0.313 e. The van der Waals surface area contributed by atoms with E-state index in [0.29, 0.717) is 0 Å². The van der Waals surface area contributed by atoms with E-state index in [-0.39, 0.29) is 0 Å². The molecule has 1 saturated carbocycles. The van der Waals surface area contributed by atoms with Crippen molar-refractivity contribution in [2.45, 2.75) is 77.3 Å². The van der Waals surface area contributed by atoms with Crippen LogP contribution in [0.4, 0.5) is 0 Å². The van der Waals surface area contributed by atoms with Gasteiger partial charge in [-0.3, -0.25) is 4.90 Å². The summed E-state index contributed by atoms with van der Waals surface area (Å²) in [7, 11) is 0. The van der Waals surface area contributed by atoms with Crippen LogP contribution in [0.5, 0.6) is 0 Å². The van der Waals surface area contributed by atoms with Gasteiger partial charge in [-0.25, -0.2) is 0 Å². The van der Waals surface area contributed by atoms with Crippen LogP contribution >= 0.6 is 0 Å². The molecule has 0 aromatic heterocycles. The zero-order valence-electron chi connectivity index (χ0n) is 12.5. The van der Waals surface area contributed by atoms with Gasteiger partial charge in [-0.1, -0.05) is 32.6 Å². The van der Waals surface area contributed by atoms with Crippen molar-refractivity contribution in [3.63, 3.8) is 0 Å². The second-order valence-electron chi connectivity index (χ2n) is 6.40. The molecule has 2 fully saturated rings. The molecule has 1 heterocycles. The largest absolute Gasteiger partial charge is 0.313 e. The van der Waals surface area contributed by atoms with Gasteiger partial charge in [-0.2, -0.15) is 0 Å². The Kier molecular flexibility index (Phi) is 5.97. The summed E-state index contributed by atoms with van der Waals surface area (Å²) in [5.41, 5.74) is 0. The lowest BCUT2D eigenvalue weighted by molar-refractivity contribution is 0.168. The summed E-state index contributed by atoms with van der Waals surface area (Å²) in [6.45, 7) is 8.44. The predicted octanol–water partition coefficient (Wildman–Crippen LogP) is 3.42. The van der Waals surface area contributed by atoms with Gasteiger partial charge >= 0.3 is 0 Å². The summed E-state index contributed by atoms with van der Waals surface area (Å²) in [5, 5.41) is 3.77. The molecule has 106 valence electrons. The van der Waals surface area contributed by atoms with Crippen LogP contribution in [0.15, 0.2) is 0 Å². The summed E-state index contributed by atoms with van der Waals surface area (Å²) < 4.78 is 0. The standard InChI is InChI=1S/C16H32N2/c1-3-17-16(15-10-6-7-11-15)13-18-12-8-4-5-9-14(18)2/h14-17H,3-13H2,1-2H3. The predicted molar refractivity (Wildman–Crippen MR) is 78.9 cm³/mol. The van der Waals surface area contributed by atoms with Crippen LogP contribution in [0.2, 0.25) is 0 Å². The van der Waals surface area contributed by atoms with E-state index in [1.807, 2.05) is 0 Å². The molecule has 1 aliphatic carbocycles. The van der Waals surface area contributed by atoms with E-state index in [0.717, 1.165) is 24.5 Å². The molecule has 1 saturated heterocycles. The van der Waals surface area contributed by atoms with Crippen LogP contribution in [0.25, 0.3) is 0 Å². The highest BCUT2D eigenvalue weighted by molar-refractivity contribution is 4.85. The van der Waals surface area contributed by atoms with Gasteiger partial charge in [0.15, 0.2) is 0 Å². The lowest BCUT2D eigenvalue weighted by atomic mass is 9.97. The van der Waals surface area contributed by atoms with Gasteiger partial charge in [-0.15, -0.1) is 0 Å². The highest BCUT2D eigenvalue weighted by Crippen LogP contribution is 2.29. The SMILES string of the molecule is CCNC(CN1CCCCCC1C)C1CCCC1. The van der Waals surface area contributed by atoms with Crippen molar-refractivity contribution in [3.8, 4) is 0 Å². The molecular weight excluding hydrogens is 220 g/mol. The summed E-state index contributed by atoms with van der Waals surface area (Å²) in [6, 6.07) is 1.55. The first kappa shape index (κ1) is 14.3. The first-order valence-electron chi connectivity index (χ1n) is 8.28. The van der Waals surface area contributed by atoms with Gasteiger partial charge in [0, 0.05) is 18.6 Å². The molecule has 0 bridgehead atoms. The lowest BCUT2D eigenvalue weighted by Crippen LogP contribution is -2.47. The van der Waals surface area contributed by atoms with Crippen molar-refractivity contribution < 1.29 is 0 Å². The number of likely N-dealkylation sites (N-methyl/N-ethyl adjacent to an activating group) is 1. The van der Waals surface area contributed by atoms with Crippen molar-refractivity contribution in [2.75, 3.05) is 19.6 Å². The van der Waals surface area contributed by atoms with Crippen LogP contribution in [0.3, 0.4) is 0 Å². The van der Waals surface area contributed by atoms with Crippen molar-refractivity contribution in [1.29, 1.82) is 0 Å². The molecule has 0 amide bonds. The van der Waals surface area contributed by atoms with E-state index in [1.54, 1.807) is 0 Å². The quantitative estimate of drug-likeness (QED) is 0.806. The molecule has 1 aliphatic heterocycles. The normalized spacial score (nSPS) is 29.3. The second-order valence-corrected chi connectivity index (χ2v) is 6.40. The summed E-state index contributed by atoms with van der Waals surface area (Å²) >= 11 is 0. The van der Waals surface area contributed by atoms with Crippen molar-refractivity contribution in [3.05, 3.63) is 0 Å². The minimum atomic E-state index is 0.748. The Bertz CT molecular complexity index is 223. The maximum absolute atomic E-state index is 3.77. The maximum Gasteiger partial charge on any atom is 0.0223 e. The molecule has 0 aromatic rings. The van der Waals surface area contributed by atoms with Gasteiger partial charge < -0.3 is 5.32 Å². The topological polar surface area (TPSA) is 15.3 Å². The van der Waals surface area contributed by atoms with E-state index in [1.165, 1.54) is 64.5 Å². The van der Waals surface area contributed by atoms with Gasteiger partial charge in [-0.05, 0) is 51.6 Å². The van der Waals surface area contributed by atoms with Crippen LogP contribution in [0, 0.1) is 5.92 Å². The molecule has 2 rings (SSSR count). The maximum atomic E-state index is 3.77. The second kappa shape index (κ2) is 7.49. The molecule has 0 radical (unpaired) electrons. The summed E-state index contributed by atoms with van der Waals surface area (Å²) in [6.07, 6.45) is 11.5. The minimum absolute atomic E-state index is 0.748. The first-order valence-corrected chi connectivity index (χ1v) is 8.28. The number of hydrogen-bond donors (Lipinski definition) is 1.